The van der Waals surface area contributed by atoms with Crippen LogP contribution in [0.15, 0.2) is 10.8 Å². The lowest BCUT2D eigenvalue weighted by Crippen LogP contribution is -2.16. The molecular weight excluding hydrogens is 252 g/mol. The monoisotopic (exact) mass is 260 g/mol. The zero-order valence-corrected chi connectivity index (χ0v) is 9.04. The Labute approximate surface area is 89.0 Å². The smallest absolute Gasteiger partial charge is 0.325 e. The summed E-state index contributed by atoms with van der Waals surface area (Å²) in [5, 5.41) is 2.75. The second-order valence-corrected chi connectivity index (χ2v) is 3.14. The third-order valence-electron chi connectivity index (χ3n) is 1.44. The number of carbonyl (C=O) groups excluding carboxylic acids is 1. The molecule has 0 saturated heterocycles. The van der Waals surface area contributed by atoms with Crippen molar-refractivity contribution < 1.29 is 9.53 Å². The van der Waals surface area contributed by atoms with Crippen molar-refractivity contribution >= 4 is 33.5 Å². The van der Waals surface area contributed by atoms with Gasteiger partial charge in [-0.1, -0.05) is 0 Å². The van der Waals surface area contributed by atoms with Crippen LogP contribution in [-0.2, 0) is 9.53 Å². The number of nitrogen functional groups attached to an aromatic ring is 1. The van der Waals surface area contributed by atoms with Crippen molar-refractivity contribution in [2.45, 2.75) is 0 Å². The largest absolute Gasteiger partial charge is 0.468 e. The quantitative estimate of drug-likeness (QED) is 0.766. The van der Waals surface area contributed by atoms with Gasteiger partial charge in [0.2, 0.25) is 0 Å². The molecule has 0 fully saturated rings. The second-order valence-electron chi connectivity index (χ2n) is 2.35. The Hall–Kier alpha value is -1.37. The van der Waals surface area contributed by atoms with Crippen molar-refractivity contribution in [2.75, 3.05) is 24.7 Å². The van der Waals surface area contributed by atoms with E-state index in [1.165, 1.54) is 13.4 Å². The van der Waals surface area contributed by atoms with E-state index in [9.17, 15) is 4.79 Å². The number of aromatic nitrogens is 2. The van der Waals surface area contributed by atoms with Crippen molar-refractivity contribution in [1.82, 2.24) is 9.97 Å². The molecule has 0 spiro atoms. The van der Waals surface area contributed by atoms with Crippen molar-refractivity contribution in [3.8, 4) is 0 Å². The van der Waals surface area contributed by atoms with E-state index in [0.29, 0.717) is 16.1 Å². The number of halogens is 1. The number of esters is 1. The SMILES string of the molecule is COC(=O)CNc1ncnc(N)c1Br. The summed E-state index contributed by atoms with van der Waals surface area (Å²) in [7, 11) is 1.31. The third-order valence-corrected chi connectivity index (χ3v) is 2.23. The highest BCUT2D eigenvalue weighted by Crippen LogP contribution is 2.23. The first-order valence-corrected chi connectivity index (χ1v) is 4.51. The van der Waals surface area contributed by atoms with Gasteiger partial charge in [-0.2, -0.15) is 0 Å². The molecule has 0 amide bonds. The zero-order chi connectivity index (χ0) is 10.6. The van der Waals surface area contributed by atoms with Gasteiger partial charge in [0.25, 0.3) is 0 Å². The molecule has 3 N–H and O–H groups in total. The topological polar surface area (TPSA) is 90.1 Å². The first kappa shape index (κ1) is 10.7. The van der Waals surface area contributed by atoms with Crippen LogP contribution in [0.4, 0.5) is 11.6 Å². The molecule has 6 nitrogen and oxygen atoms in total. The number of hydrogen-bond acceptors (Lipinski definition) is 6. The van der Waals surface area contributed by atoms with Gasteiger partial charge in [0.1, 0.15) is 29.0 Å². The Kier molecular flexibility index (Phi) is 3.63. The van der Waals surface area contributed by atoms with Crippen molar-refractivity contribution in [3.63, 3.8) is 0 Å². The number of hydrogen-bond donors (Lipinski definition) is 2. The van der Waals surface area contributed by atoms with Gasteiger partial charge in [-0.3, -0.25) is 4.79 Å². The Morgan fingerprint density at radius 2 is 2.43 bits per heavy atom. The van der Waals surface area contributed by atoms with E-state index in [2.05, 4.69) is 36.0 Å². The summed E-state index contributed by atoms with van der Waals surface area (Å²) in [6.07, 6.45) is 1.31. The van der Waals surface area contributed by atoms with Gasteiger partial charge in [-0.25, -0.2) is 9.97 Å². The number of anilines is 2. The predicted octanol–water partition coefficient (Wildman–Crippen LogP) is 0.406. The molecule has 0 aliphatic rings. The predicted molar refractivity (Wildman–Crippen MR) is 54.7 cm³/mol. The van der Waals surface area contributed by atoms with Crippen molar-refractivity contribution in [2.24, 2.45) is 0 Å². The number of rotatable bonds is 3. The van der Waals surface area contributed by atoms with E-state index in [0.717, 1.165) is 0 Å². The standard InChI is InChI=1S/C7H9BrN4O2/c1-14-4(13)2-10-7-5(8)6(9)11-3-12-7/h3H,2H2,1H3,(H3,9,10,11,12). The van der Waals surface area contributed by atoms with Crippen LogP contribution in [0.1, 0.15) is 0 Å². The lowest BCUT2D eigenvalue weighted by atomic mass is 10.5. The van der Waals surface area contributed by atoms with Gasteiger partial charge in [-0.05, 0) is 15.9 Å². The van der Waals surface area contributed by atoms with Gasteiger partial charge in [0.05, 0.1) is 7.11 Å². The molecule has 76 valence electrons. The minimum atomic E-state index is -0.380. The van der Waals surface area contributed by atoms with Crippen molar-refractivity contribution in [1.29, 1.82) is 0 Å². The lowest BCUT2D eigenvalue weighted by Gasteiger charge is -2.06. The van der Waals surface area contributed by atoms with E-state index in [4.69, 9.17) is 5.73 Å². The molecular formula is C7H9BrN4O2. The lowest BCUT2D eigenvalue weighted by molar-refractivity contribution is -0.138. The summed E-state index contributed by atoms with van der Waals surface area (Å²) in [5.74, 6) is 0.393. The van der Waals surface area contributed by atoms with Gasteiger partial charge < -0.3 is 15.8 Å². The molecule has 1 aromatic heterocycles. The third kappa shape index (κ3) is 2.56. The normalized spacial score (nSPS) is 9.57. The van der Waals surface area contributed by atoms with E-state index in [-0.39, 0.29) is 12.5 Å². The van der Waals surface area contributed by atoms with Crippen LogP contribution in [0.2, 0.25) is 0 Å². The van der Waals surface area contributed by atoms with Gasteiger partial charge >= 0.3 is 5.97 Å². The Bertz CT molecular complexity index is 344. The van der Waals surface area contributed by atoms with Gasteiger partial charge in [-0.15, -0.1) is 0 Å². The molecule has 0 aliphatic heterocycles. The number of nitrogens with two attached hydrogens (primary N) is 1. The minimum Gasteiger partial charge on any atom is -0.468 e. The van der Waals surface area contributed by atoms with E-state index < -0.39 is 0 Å². The summed E-state index contributed by atoms with van der Waals surface area (Å²) < 4.78 is 4.98. The van der Waals surface area contributed by atoms with E-state index in [1.807, 2.05) is 0 Å². The number of carbonyl (C=O) groups is 1. The molecule has 0 atom stereocenters. The fourth-order valence-electron chi connectivity index (χ4n) is 0.735. The Balaban J connectivity index is 2.68. The fraction of sp³-hybridized carbons (Fsp3) is 0.286. The second kappa shape index (κ2) is 4.75. The average Bonchev–Trinajstić information content (AvgIpc) is 2.20. The van der Waals surface area contributed by atoms with Crippen LogP contribution in [0, 0.1) is 0 Å². The van der Waals surface area contributed by atoms with Crippen molar-refractivity contribution in [3.05, 3.63) is 10.8 Å². The average molecular weight is 261 g/mol. The van der Waals surface area contributed by atoms with Gasteiger partial charge in [0, 0.05) is 0 Å². The molecule has 14 heavy (non-hydrogen) atoms. The van der Waals surface area contributed by atoms with Crippen LogP contribution in [0.5, 0.6) is 0 Å². The summed E-state index contributed by atoms with van der Waals surface area (Å²) >= 11 is 3.19. The van der Waals surface area contributed by atoms with Gasteiger partial charge in [0.15, 0.2) is 0 Å². The highest BCUT2D eigenvalue weighted by molar-refractivity contribution is 9.10. The maximum atomic E-state index is 10.8. The molecule has 0 radical (unpaired) electrons. The Morgan fingerprint density at radius 3 is 3.07 bits per heavy atom. The number of methoxy groups -OCH3 is 1. The van der Waals surface area contributed by atoms with Crippen LogP contribution in [0.3, 0.4) is 0 Å². The molecule has 1 aromatic rings. The van der Waals surface area contributed by atoms with Crippen LogP contribution in [-0.4, -0.2) is 29.6 Å². The van der Waals surface area contributed by atoms with E-state index >= 15 is 0 Å². The highest BCUT2D eigenvalue weighted by atomic mass is 79.9. The first-order valence-electron chi connectivity index (χ1n) is 3.71. The molecule has 0 saturated carbocycles. The maximum Gasteiger partial charge on any atom is 0.325 e. The van der Waals surface area contributed by atoms with Crippen LogP contribution < -0.4 is 11.1 Å². The number of ether oxygens (including phenoxy) is 1. The fourth-order valence-corrected chi connectivity index (χ4v) is 1.08. The minimum absolute atomic E-state index is 0.0333. The molecule has 1 heterocycles. The summed E-state index contributed by atoms with van der Waals surface area (Å²) in [4.78, 5) is 18.4. The Morgan fingerprint density at radius 1 is 1.71 bits per heavy atom. The molecule has 1 rings (SSSR count). The first-order chi connectivity index (χ1) is 6.65. The van der Waals surface area contributed by atoms with Crippen LogP contribution >= 0.6 is 15.9 Å². The molecule has 0 aromatic carbocycles. The van der Waals surface area contributed by atoms with E-state index in [1.54, 1.807) is 0 Å². The highest BCUT2D eigenvalue weighted by Gasteiger charge is 2.07. The number of nitrogens with zero attached hydrogens (tertiary/aromatic N) is 2. The van der Waals surface area contributed by atoms with Crippen LogP contribution in [0.25, 0.3) is 0 Å². The molecule has 7 heteroatoms. The zero-order valence-electron chi connectivity index (χ0n) is 7.45. The summed E-state index contributed by atoms with van der Waals surface area (Å²) in [6, 6.07) is 0. The summed E-state index contributed by atoms with van der Waals surface area (Å²) in [6.45, 7) is 0.0333. The number of nitrogens with one attached hydrogen (secondary N) is 1. The molecule has 0 bridgehead atoms. The summed E-state index contributed by atoms with van der Waals surface area (Å²) in [5.41, 5.74) is 5.51. The molecule has 0 unspecified atom stereocenters. The maximum absolute atomic E-state index is 10.8. The molecule has 0 aliphatic carbocycles.